The standard InChI is InChI=1S/C21H21F3N8O3S2/c1-12-9-32(37(34,35)14-7-28-31(10-14)5-3-25)4-2-16(12)29-20-27-8-15(21(22,23)24)18(30-20)17-6-13(11-36-17)19(26)33/h6-8,10-12,16H,2,4-5,9H2,1H3,(H2,26,33)(H,27,29,30)/t12-,16+/m1/s1. The summed E-state index contributed by atoms with van der Waals surface area (Å²) >= 11 is 0.905. The van der Waals surface area contributed by atoms with Crippen molar-refractivity contribution >= 4 is 33.2 Å². The Kier molecular flexibility index (Phi) is 7.22. The van der Waals surface area contributed by atoms with E-state index in [1.54, 1.807) is 0 Å². The topological polar surface area (TPSA) is 160 Å². The summed E-state index contributed by atoms with van der Waals surface area (Å²) in [7, 11) is -3.84. The Morgan fingerprint density at radius 2 is 2.14 bits per heavy atom. The van der Waals surface area contributed by atoms with E-state index < -0.39 is 27.7 Å². The van der Waals surface area contributed by atoms with Crippen LogP contribution >= 0.6 is 11.3 Å². The van der Waals surface area contributed by atoms with Crippen molar-refractivity contribution in [3.05, 3.63) is 41.2 Å². The molecule has 0 saturated carbocycles. The number of nitrogens with zero attached hydrogens (tertiary/aromatic N) is 6. The average molecular weight is 555 g/mol. The quantitative estimate of drug-likeness (QED) is 0.451. The number of hydrogen-bond acceptors (Lipinski definition) is 9. The first-order valence-electron chi connectivity index (χ1n) is 10.9. The van der Waals surface area contributed by atoms with Gasteiger partial charge in [0.2, 0.25) is 21.9 Å². The molecule has 1 fully saturated rings. The average Bonchev–Trinajstić information content (AvgIpc) is 3.50. The lowest BCUT2D eigenvalue weighted by Crippen LogP contribution is -2.47. The van der Waals surface area contributed by atoms with Gasteiger partial charge in [-0.2, -0.15) is 27.8 Å². The van der Waals surface area contributed by atoms with Crippen molar-refractivity contribution < 1.29 is 26.4 Å². The summed E-state index contributed by atoms with van der Waals surface area (Å²) in [6.07, 6.45) is -1.22. The molecule has 0 bridgehead atoms. The third-order valence-corrected chi connectivity index (χ3v) is 8.63. The molecule has 1 aliphatic heterocycles. The number of amides is 1. The minimum atomic E-state index is -4.72. The molecule has 11 nitrogen and oxygen atoms in total. The number of nitrogens with one attached hydrogen (secondary N) is 1. The molecule has 4 heterocycles. The molecule has 3 aromatic heterocycles. The van der Waals surface area contributed by atoms with Crippen molar-refractivity contribution in [3.8, 4) is 16.6 Å². The van der Waals surface area contributed by atoms with E-state index in [2.05, 4.69) is 20.4 Å². The van der Waals surface area contributed by atoms with Crippen molar-refractivity contribution in [1.82, 2.24) is 24.1 Å². The molecular weight excluding hydrogens is 533 g/mol. The lowest BCUT2D eigenvalue weighted by atomic mass is 9.95. The summed E-state index contributed by atoms with van der Waals surface area (Å²) in [5, 5.41) is 17.0. The van der Waals surface area contributed by atoms with Crippen molar-refractivity contribution in [2.24, 2.45) is 11.7 Å². The molecule has 0 spiro atoms. The second kappa shape index (κ2) is 10.1. The maximum atomic E-state index is 13.6. The number of anilines is 1. The molecule has 0 radical (unpaired) electrons. The summed E-state index contributed by atoms with van der Waals surface area (Å²) in [5.41, 5.74) is 3.86. The van der Waals surface area contributed by atoms with E-state index >= 15 is 0 Å². The summed E-state index contributed by atoms with van der Waals surface area (Å²) < 4.78 is 69.4. The predicted molar refractivity (Wildman–Crippen MR) is 127 cm³/mol. The molecule has 0 aliphatic carbocycles. The van der Waals surface area contributed by atoms with E-state index in [9.17, 15) is 26.4 Å². The van der Waals surface area contributed by atoms with Crippen LogP contribution in [0.5, 0.6) is 0 Å². The van der Waals surface area contributed by atoms with E-state index in [-0.39, 0.29) is 58.6 Å². The second-order valence-electron chi connectivity index (χ2n) is 8.43. The highest BCUT2D eigenvalue weighted by atomic mass is 32.2. The molecule has 1 aliphatic rings. The fourth-order valence-corrected chi connectivity index (χ4v) is 6.34. The van der Waals surface area contributed by atoms with Gasteiger partial charge in [0.05, 0.1) is 28.4 Å². The lowest BCUT2D eigenvalue weighted by molar-refractivity contribution is -0.137. The smallest absolute Gasteiger partial charge is 0.366 e. The number of nitriles is 1. The van der Waals surface area contributed by atoms with Crippen LogP contribution in [0.1, 0.15) is 29.3 Å². The first kappa shape index (κ1) is 26.5. The zero-order valence-electron chi connectivity index (χ0n) is 19.3. The number of carbonyl (C=O) groups is 1. The summed E-state index contributed by atoms with van der Waals surface area (Å²) in [6, 6.07) is 2.82. The molecule has 1 saturated heterocycles. The number of alkyl halides is 3. The number of sulfonamides is 1. The normalized spacial score (nSPS) is 18.9. The number of thiophene rings is 1. The maximum Gasteiger partial charge on any atom is 0.420 e. The van der Waals surface area contributed by atoms with Gasteiger partial charge < -0.3 is 11.1 Å². The van der Waals surface area contributed by atoms with Crippen LogP contribution < -0.4 is 11.1 Å². The number of nitrogens with two attached hydrogens (primary N) is 1. The van der Waals surface area contributed by atoms with Crippen LogP contribution in [-0.4, -0.2) is 57.5 Å². The van der Waals surface area contributed by atoms with Gasteiger partial charge in [-0.25, -0.2) is 18.4 Å². The fourth-order valence-electron chi connectivity index (χ4n) is 3.93. The van der Waals surface area contributed by atoms with Crippen LogP contribution in [0.4, 0.5) is 19.1 Å². The van der Waals surface area contributed by atoms with Crippen LogP contribution in [0, 0.1) is 17.2 Å². The van der Waals surface area contributed by atoms with Gasteiger partial charge in [0, 0.05) is 36.9 Å². The Hall–Kier alpha value is -3.55. The van der Waals surface area contributed by atoms with Gasteiger partial charge in [0.15, 0.2) is 0 Å². The van der Waals surface area contributed by atoms with Gasteiger partial charge >= 0.3 is 6.18 Å². The Labute approximate surface area is 213 Å². The van der Waals surface area contributed by atoms with Crippen molar-refractivity contribution in [3.63, 3.8) is 0 Å². The van der Waals surface area contributed by atoms with E-state index in [1.807, 2.05) is 13.0 Å². The van der Waals surface area contributed by atoms with Crippen LogP contribution in [0.3, 0.4) is 0 Å². The van der Waals surface area contributed by atoms with Gasteiger partial charge in [-0.05, 0) is 18.4 Å². The highest BCUT2D eigenvalue weighted by Gasteiger charge is 2.37. The predicted octanol–water partition coefficient (Wildman–Crippen LogP) is 2.55. The zero-order chi connectivity index (χ0) is 27.0. The van der Waals surface area contributed by atoms with Gasteiger partial charge in [0.1, 0.15) is 17.0 Å². The largest absolute Gasteiger partial charge is 0.420 e. The summed E-state index contributed by atoms with van der Waals surface area (Å²) in [6.45, 7) is 2.02. The van der Waals surface area contributed by atoms with Crippen molar-refractivity contribution in [2.75, 3.05) is 18.4 Å². The molecule has 4 rings (SSSR count). The first-order chi connectivity index (χ1) is 17.4. The molecular formula is C21H21F3N8O3S2. The van der Waals surface area contributed by atoms with Crippen LogP contribution in [0.25, 0.3) is 10.6 Å². The summed E-state index contributed by atoms with van der Waals surface area (Å²) in [5.74, 6) is -1.06. The third-order valence-electron chi connectivity index (χ3n) is 5.87. The lowest BCUT2D eigenvalue weighted by Gasteiger charge is -2.36. The molecule has 2 atom stereocenters. The van der Waals surface area contributed by atoms with Crippen molar-refractivity contribution in [1.29, 1.82) is 5.26 Å². The SMILES string of the molecule is C[C@@H]1CN(S(=O)(=O)c2cnn(CC#N)c2)CC[C@@H]1Nc1ncc(C(F)(F)F)c(-c2cc(C(N)=O)cs2)n1. The monoisotopic (exact) mass is 554 g/mol. The van der Waals surface area contributed by atoms with Crippen LogP contribution in [-0.2, 0) is 22.7 Å². The van der Waals surface area contributed by atoms with E-state index in [4.69, 9.17) is 11.0 Å². The van der Waals surface area contributed by atoms with E-state index in [0.29, 0.717) is 12.6 Å². The molecule has 0 unspecified atom stereocenters. The molecule has 16 heteroatoms. The van der Waals surface area contributed by atoms with E-state index in [1.165, 1.54) is 32.8 Å². The molecule has 3 N–H and O–H groups in total. The van der Waals surface area contributed by atoms with Crippen LogP contribution in [0.2, 0.25) is 0 Å². The Morgan fingerprint density at radius 3 is 2.76 bits per heavy atom. The van der Waals surface area contributed by atoms with E-state index in [0.717, 1.165) is 11.3 Å². The van der Waals surface area contributed by atoms with Gasteiger partial charge in [0.25, 0.3) is 0 Å². The first-order valence-corrected chi connectivity index (χ1v) is 13.2. The van der Waals surface area contributed by atoms with Gasteiger partial charge in [-0.3, -0.25) is 9.48 Å². The van der Waals surface area contributed by atoms with Crippen molar-refractivity contribution in [2.45, 2.75) is 37.0 Å². The maximum absolute atomic E-state index is 13.6. The Bertz CT molecular complexity index is 1460. The molecule has 196 valence electrons. The van der Waals surface area contributed by atoms with Gasteiger partial charge in [-0.1, -0.05) is 6.92 Å². The second-order valence-corrected chi connectivity index (χ2v) is 11.3. The molecule has 1 amide bonds. The number of primary amides is 1. The Morgan fingerprint density at radius 1 is 1.38 bits per heavy atom. The zero-order valence-corrected chi connectivity index (χ0v) is 20.9. The number of carbonyl (C=O) groups excluding carboxylic acids is 1. The molecule has 3 aromatic rings. The van der Waals surface area contributed by atoms with Gasteiger partial charge in [-0.15, -0.1) is 11.3 Å². The van der Waals surface area contributed by atoms with Crippen LogP contribution in [0.15, 0.2) is 34.9 Å². The highest BCUT2D eigenvalue weighted by Crippen LogP contribution is 2.38. The minimum absolute atomic E-state index is 0.0247. The minimum Gasteiger partial charge on any atom is -0.366 e. The Balaban J connectivity index is 1.52. The summed E-state index contributed by atoms with van der Waals surface area (Å²) in [4.78, 5) is 19.4. The number of aromatic nitrogens is 4. The number of rotatable bonds is 7. The number of piperidine rings is 1. The highest BCUT2D eigenvalue weighted by molar-refractivity contribution is 7.89. The number of halogens is 3. The number of hydrogen-bond donors (Lipinski definition) is 2. The fraction of sp³-hybridized carbons (Fsp3) is 0.381. The molecule has 0 aromatic carbocycles. The third kappa shape index (κ3) is 5.58. The molecule has 37 heavy (non-hydrogen) atoms.